The Morgan fingerprint density at radius 2 is 1.43 bits per heavy atom. The second-order valence-corrected chi connectivity index (χ2v) is 8.86. The van der Waals surface area contributed by atoms with Crippen LogP contribution in [0.25, 0.3) is 22.0 Å². The number of carbonyl (C=O) groups excluding carboxylic acids is 2. The Bertz CT molecular complexity index is 1630. The molecule has 0 fully saturated rings. The molecule has 0 saturated heterocycles. The third kappa shape index (κ3) is 5.01. The van der Waals surface area contributed by atoms with Crippen LogP contribution in [0.5, 0.6) is 0 Å². The fourth-order valence-corrected chi connectivity index (χ4v) is 4.11. The van der Waals surface area contributed by atoms with Crippen molar-refractivity contribution >= 4 is 39.8 Å². The summed E-state index contributed by atoms with van der Waals surface area (Å²) < 4.78 is 0. The van der Waals surface area contributed by atoms with Gasteiger partial charge >= 0.3 is 0 Å². The van der Waals surface area contributed by atoms with Gasteiger partial charge in [0.15, 0.2) is 5.82 Å². The van der Waals surface area contributed by atoms with Crippen molar-refractivity contribution in [2.75, 3.05) is 10.6 Å². The maximum Gasteiger partial charge on any atom is 0.255 e. The summed E-state index contributed by atoms with van der Waals surface area (Å²) in [4.78, 5) is 24.2. The number of aryl methyl sites for hydroxylation is 2. The summed E-state index contributed by atoms with van der Waals surface area (Å²) >= 11 is 0. The standard InChI is InChI=1S/C30H25N5O2/c1-18-7-8-19(2)26(17-18)33-30(37)22-13-15-23(16-14-22)32-29-25-6-4-3-5-24(25)27(34-35-29)20-9-11-21(12-10-20)28(31)36/h3-17H,1-2H3,(H2,31,36)(H,32,35)(H,33,37). The number of hydrogen-bond acceptors (Lipinski definition) is 5. The van der Waals surface area contributed by atoms with Crippen molar-refractivity contribution in [3.63, 3.8) is 0 Å². The van der Waals surface area contributed by atoms with Gasteiger partial charge in [-0.1, -0.05) is 48.5 Å². The highest BCUT2D eigenvalue weighted by molar-refractivity contribution is 6.05. The van der Waals surface area contributed by atoms with Crippen LogP contribution < -0.4 is 16.4 Å². The molecule has 4 N–H and O–H groups in total. The second kappa shape index (κ2) is 9.91. The monoisotopic (exact) mass is 487 g/mol. The van der Waals surface area contributed by atoms with Gasteiger partial charge in [0, 0.05) is 38.8 Å². The average Bonchev–Trinajstić information content (AvgIpc) is 2.91. The van der Waals surface area contributed by atoms with Crippen molar-refractivity contribution in [3.8, 4) is 11.3 Å². The summed E-state index contributed by atoms with van der Waals surface area (Å²) in [6, 6.07) is 28.0. The molecule has 7 heteroatoms. The van der Waals surface area contributed by atoms with E-state index in [1.807, 2.05) is 80.6 Å². The first-order valence-corrected chi connectivity index (χ1v) is 11.8. The van der Waals surface area contributed by atoms with Crippen molar-refractivity contribution in [2.24, 2.45) is 5.73 Å². The SMILES string of the molecule is Cc1ccc(C)c(NC(=O)c2ccc(Nc3nnc(-c4ccc(C(N)=O)cc4)c4ccccc34)cc2)c1. The van der Waals surface area contributed by atoms with Gasteiger partial charge in [0.05, 0.1) is 0 Å². The Balaban J connectivity index is 1.38. The predicted octanol–water partition coefficient (Wildman–Crippen LogP) is 6.01. The molecule has 0 bridgehead atoms. The molecule has 1 heterocycles. The molecule has 0 aliphatic carbocycles. The maximum absolute atomic E-state index is 12.8. The van der Waals surface area contributed by atoms with Crippen molar-refractivity contribution in [3.05, 3.63) is 113 Å². The number of primary amides is 1. The van der Waals surface area contributed by atoms with Gasteiger partial charge in [-0.05, 0) is 67.4 Å². The molecule has 37 heavy (non-hydrogen) atoms. The van der Waals surface area contributed by atoms with Gasteiger partial charge in [-0.3, -0.25) is 9.59 Å². The van der Waals surface area contributed by atoms with E-state index in [2.05, 4.69) is 20.8 Å². The molecule has 4 aromatic carbocycles. The van der Waals surface area contributed by atoms with E-state index < -0.39 is 5.91 Å². The van der Waals surface area contributed by atoms with Gasteiger partial charge in [0.25, 0.3) is 5.91 Å². The highest BCUT2D eigenvalue weighted by Crippen LogP contribution is 2.31. The van der Waals surface area contributed by atoms with Gasteiger partial charge in [0.2, 0.25) is 5.91 Å². The number of nitrogens with zero attached hydrogens (tertiary/aromatic N) is 2. The minimum absolute atomic E-state index is 0.169. The Labute approximate surface area is 214 Å². The van der Waals surface area contributed by atoms with Crippen molar-refractivity contribution in [1.82, 2.24) is 10.2 Å². The van der Waals surface area contributed by atoms with Crippen LogP contribution in [0.15, 0.2) is 91.0 Å². The lowest BCUT2D eigenvalue weighted by Crippen LogP contribution is -2.12. The molecule has 0 atom stereocenters. The van der Waals surface area contributed by atoms with E-state index in [1.54, 1.807) is 24.3 Å². The van der Waals surface area contributed by atoms with Gasteiger partial charge in [-0.25, -0.2) is 0 Å². The fourth-order valence-electron chi connectivity index (χ4n) is 4.11. The summed E-state index contributed by atoms with van der Waals surface area (Å²) in [5.74, 6) is -0.0475. The molecule has 0 aliphatic rings. The lowest BCUT2D eigenvalue weighted by Gasteiger charge is -2.12. The predicted molar refractivity (Wildman–Crippen MR) is 147 cm³/mol. The zero-order chi connectivity index (χ0) is 25.9. The number of hydrogen-bond donors (Lipinski definition) is 3. The van der Waals surface area contributed by atoms with Crippen molar-refractivity contribution in [1.29, 1.82) is 0 Å². The molecule has 182 valence electrons. The Morgan fingerprint density at radius 1 is 0.757 bits per heavy atom. The van der Waals surface area contributed by atoms with E-state index in [1.165, 1.54) is 0 Å². The number of amides is 2. The summed E-state index contributed by atoms with van der Waals surface area (Å²) in [6.07, 6.45) is 0. The topological polar surface area (TPSA) is 110 Å². The van der Waals surface area contributed by atoms with Crippen molar-refractivity contribution < 1.29 is 9.59 Å². The normalized spacial score (nSPS) is 10.8. The van der Waals surface area contributed by atoms with Gasteiger partial charge in [-0.15, -0.1) is 10.2 Å². The first-order chi connectivity index (χ1) is 17.9. The molecular formula is C30H25N5O2. The van der Waals surface area contributed by atoms with Crippen LogP contribution in [-0.2, 0) is 0 Å². The summed E-state index contributed by atoms with van der Waals surface area (Å²) in [6.45, 7) is 3.96. The van der Waals surface area contributed by atoms with E-state index >= 15 is 0 Å². The van der Waals surface area contributed by atoms with Crippen molar-refractivity contribution in [2.45, 2.75) is 13.8 Å². The highest BCUT2D eigenvalue weighted by atomic mass is 16.2. The van der Waals surface area contributed by atoms with Crippen LogP contribution in [0, 0.1) is 13.8 Å². The van der Waals surface area contributed by atoms with E-state index in [0.29, 0.717) is 22.6 Å². The molecule has 5 rings (SSSR count). The molecule has 0 spiro atoms. The number of carbonyl (C=O) groups is 2. The van der Waals surface area contributed by atoms with Crippen LogP contribution in [0.1, 0.15) is 31.8 Å². The number of nitrogens with two attached hydrogens (primary N) is 1. The summed E-state index contributed by atoms with van der Waals surface area (Å²) in [7, 11) is 0. The molecule has 1 aromatic heterocycles. The Kier molecular flexibility index (Phi) is 6.34. The molecule has 7 nitrogen and oxygen atoms in total. The van der Waals surface area contributed by atoms with Crippen LogP contribution >= 0.6 is 0 Å². The number of fused-ring (bicyclic) bond motifs is 1. The lowest BCUT2D eigenvalue weighted by molar-refractivity contribution is 0.0997. The third-order valence-corrected chi connectivity index (χ3v) is 6.18. The fraction of sp³-hybridized carbons (Fsp3) is 0.0667. The minimum atomic E-state index is -0.476. The maximum atomic E-state index is 12.8. The van der Waals surface area contributed by atoms with E-state index in [4.69, 9.17) is 5.73 Å². The second-order valence-electron chi connectivity index (χ2n) is 8.86. The van der Waals surface area contributed by atoms with Crippen LogP contribution in [0.2, 0.25) is 0 Å². The van der Waals surface area contributed by atoms with E-state index in [0.717, 1.165) is 38.8 Å². The van der Waals surface area contributed by atoms with Crippen LogP contribution in [0.4, 0.5) is 17.2 Å². The van der Waals surface area contributed by atoms with Gasteiger partial charge in [0.1, 0.15) is 5.69 Å². The smallest absolute Gasteiger partial charge is 0.255 e. The average molecular weight is 488 g/mol. The molecule has 0 unspecified atom stereocenters. The zero-order valence-electron chi connectivity index (χ0n) is 20.4. The number of aromatic nitrogens is 2. The first-order valence-electron chi connectivity index (χ1n) is 11.8. The van der Waals surface area contributed by atoms with Gasteiger partial charge < -0.3 is 16.4 Å². The highest BCUT2D eigenvalue weighted by Gasteiger charge is 2.13. The number of anilines is 3. The number of nitrogens with one attached hydrogen (secondary N) is 2. The van der Waals surface area contributed by atoms with Crippen LogP contribution in [-0.4, -0.2) is 22.0 Å². The Hall–Kier alpha value is -5.04. The van der Waals surface area contributed by atoms with E-state index in [-0.39, 0.29) is 5.91 Å². The number of benzene rings is 4. The third-order valence-electron chi connectivity index (χ3n) is 6.18. The van der Waals surface area contributed by atoms with Crippen LogP contribution in [0.3, 0.4) is 0 Å². The summed E-state index contributed by atoms with van der Waals surface area (Å²) in [5.41, 5.74) is 11.6. The molecule has 2 amide bonds. The molecule has 5 aromatic rings. The van der Waals surface area contributed by atoms with E-state index in [9.17, 15) is 9.59 Å². The molecule has 0 aliphatic heterocycles. The Morgan fingerprint density at radius 3 is 2.14 bits per heavy atom. The molecule has 0 radical (unpaired) electrons. The zero-order valence-corrected chi connectivity index (χ0v) is 20.4. The first kappa shape index (κ1) is 23.7. The molecular weight excluding hydrogens is 462 g/mol. The molecule has 0 saturated carbocycles. The lowest BCUT2D eigenvalue weighted by atomic mass is 10.0. The van der Waals surface area contributed by atoms with Gasteiger partial charge in [-0.2, -0.15) is 0 Å². The minimum Gasteiger partial charge on any atom is -0.366 e. The number of rotatable bonds is 6. The quantitative estimate of drug-likeness (QED) is 0.272. The largest absolute Gasteiger partial charge is 0.366 e. The summed E-state index contributed by atoms with van der Waals surface area (Å²) in [5, 5.41) is 17.0.